The molecular formula is C13H13F3N4O2S. The zero-order valence-corrected chi connectivity index (χ0v) is 12.9. The van der Waals surface area contributed by atoms with Crippen molar-refractivity contribution in [2.75, 3.05) is 31.1 Å². The van der Waals surface area contributed by atoms with Crippen LogP contribution in [0.3, 0.4) is 0 Å². The second-order valence-corrected chi connectivity index (χ2v) is 6.03. The number of piperazine rings is 1. The topological polar surface area (TPSA) is 62.5 Å². The number of furan rings is 1. The number of nitrogens with zero attached hydrogens (tertiary/aromatic N) is 4. The van der Waals surface area contributed by atoms with E-state index in [0.717, 1.165) is 0 Å². The highest BCUT2D eigenvalue weighted by molar-refractivity contribution is 7.15. The van der Waals surface area contributed by atoms with Crippen LogP contribution >= 0.6 is 11.3 Å². The molecule has 1 amide bonds. The summed E-state index contributed by atoms with van der Waals surface area (Å²) in [6.45, 7) is 3.33. The van der Waals surface area contributed by atoms with Crippen molar-refractivity contribution >= 4 is 22.4 Å². The first kappa shape index (κ1) is 15.8. The van der Waals surface area contributed by atoms with Crippen molar-refractivity contribution in [3.05, 3.63) is 28.7 Å². The van der Waals surface area contributed by atoms with E-state index in [1.54, 1.807) is 28.9 Å². The SMILES string of the molecule is Cc1ccc(C(=O)N2CCN(c3nnc(C(F)(F)F)s3)CC2)o1. The molecule has 1 aliphatic heterocycles. The molecule has 2 aromatic rings. The minimum absolute atomic E-state index is 0.217. The van der Waals surface area contributed by atoms with E-state index in [-0.39, 0.29) is 16.8 Å². The largest absolute Gasteiger partial charge is 0.456 e. The number of anilines is 1. The lowest BCUT2D eigenvalue weighted by atomic mass is 10.3. The second kappa shape index (κ2) is 5.84. The molecule has 0 saturated carbocycles. The van der Waals surface area contributed by atoms with Gasteiger partial charge in [-0.3, -0.25) is 4.79 Å². The predicted octanol–water partition coefficient (Wildman–Crippen LogP) is 2.42. The summed E-state index contributed by atoms with van der Waals surface area (Å²) in [7, 11) is 0. The summed E-state index contributed by atoms with van der Waals surface area (Å²) in [5.74, 6) is 0.706. The summed E-state index contributed by atoms with van der Waals surface area (Å²) in [5, 5.41) is 6.02. The van der Waals surface area contributed by atoms with Gasteiger partial charge in [0, 0.05) is 26.2 Å². The highest BCUT2D eigenvalue weighted by atomic mass is 32.1. The molecule has 0 aliphatic carbocycles. The van der Waals surface area contributed by atoms with Crippen molar-refractivity contribution < 1.29 is 22.4 Å². The normalized spacial score (nSPS) is 16.0. The maximum absolute atomic E-state index is 12.6. The third-order valence-electron chi connectivity index (χ3n) is 3.45. The van der Waals surface area contributed by atoms with Crippen LogP contribution in [0.1, 0.15) is 21.3 Å². The van der Waals surface area contributed by atoms with Crippen LogP contribution in [0.15, 0.2) is 16.5 Å². The predicted molar refractivity (Wildman–Crippen MR) is 76.5 cm³/mol. The number of aromatic nitrogens is 2. The van der Waals surface area contributed by atoms with Gasteiger partial charge in [-0.2, -0.15) is 13.2 Å². The number of halogens is 3. The van der Waals surface area contributed by atoms with Gasteiger partial charge in [0.1, 0.15) is 5.76 Å². The fourth-order valence-corrected chi connectivity index (χ4v) is 3.03. The molecule has 124 valence electrons. The Kier molecular flexibility index (Phi) is 4.00. The number of rotatable bonds is 2. The van der Waals surface area contributed by atoms with E-state index in [9.17, 15) is 18.0 Å². The first-order valence-corrected chi connectivity index (χ1v) is 7.67. The minimum Gasteiger partial charge on any atom is -0.456 e. The first-order valence-electron chi connectivity index (χ1n) is 6.86. The Morgan fingerprint density at radius 1 is 1.22 bits per heavy atom. The summed E-state index contributed by atoms with van der Waals surface area (Å²) in [6.07, 6.45) is -4.48. The maximum Gasteiger partial charge on any atom is 0.445 e. The van der Waals surface area contributed by atoms with Crippen LogP contribution in [0.4, 0.5) is 18.3 Å². The summed E-state index contributed by atoms with van der Waals surface area (Å²) in [4.78, 5) is 15.5. The highest BCUT2D eigenvalue weighted by Crippen LogP contribution is 2.34. The molecule has 0 radical (unpaired) electrons. The molecule has 0 aromatic carbocycles. The minimum atomic E-state index is -4.48. The molecule has 0 N–H and O–H groups in total. The van der Waals surface area contributed by atoms with Crippen molar-refractivity contribution in [1.29, 1.82) is 0 Å². The van der Waals surface area contributed by atoms with Crippen LogP contribution in [-0.4, -0.2) is 47.2 Å². The van der Waals surface area contributed by atoms with E-state index in [1.807, 2.05) is 0 Å². The Balaban J connectivity index is 1.62. The number of carbonyl (C=O) groups is 1. The molecule has 0 spiro atoms. The molecule has 0 bridgehead atoms. The lowest BCUT2D eigenvalue weighted by molar-refractivity contribution is -0.138. The van der Waals surface area contributed by atoms with E-state index in [0.29, 0.717) is 43.3 Å². The number of alkyl halides is 3. The molecule has 1 aliphatic rings. The van der Waals surface area contributed by atoms with E-state index in [4.69, 9.17) is 4.42 Å². The van der Waals surface area contributed by atoms with Crippen molar-refractivity contribution in [2.24, 2.45) is 0 Å². The number of amides is 1. The Bertz CT molecular complexity index is 704. The Morgan fingerprint density at radius 2 is 1.91 bits per heavy atom. The third-order valence-corrected chi connectivity index (χ3v) is 4.47. The molecule has 23 heavy (non-hydrogen) atoms. The Morgan fingerprint density at radius 3 is 2.43 bits per heavy atom. The number of aryl methyl sites for hydroxylation is 1. The van der Waals surface area contributed by atoms with Gasteiger partial charge >= 0.3 is 6.18 Å². The Labute approximate surface area is 133 Å². The number of hydrogen-bond donors (Lipinski definition) is 0. The highest BCUT2D eigenvalue weighted by Gasteiger charge is 2.36. The van der Waals surface area contributed by atoms with Crippen molar-refractivity contribution in [3.8, 4) is 0 Å². The summed E-state index contributed by atoms with van der Waals surface area (Å²) in [6, 6.07) is 3.33. The van der Waals surface area contributed by atoms with Crippen LogP contribution in [0.25, 0.3) is 0 Å². The average Bonchev–Trinajstić information content (AvgIpc) is 3.15. The lowest BCUT2D eigenvalue weighted by Crippen LogP contribution is -2.48. The molecule has 2 aromatic heterocycles. The van der Waals surface area contributed by atoms with Crippen LogP contribution < -0.4 is 4.90 Å². The molecule has 0 unspecified atom stereocenters. The van der Waals surface area contributed by atoms with Gasteiger partial charge < -0.3 is 14.2 Å². The van der Waals surface area contributed by atoms with Gasteiger partial charge in [-0.1, -0.05) is 11.3 Å². The van der Waals surface area contributed by atoms with Gasteiger partial charge in [-0.15, -0.1) is 10.2 Å². The second-order valence-electron chi connectivity index (χ2n) is 5.08. The molecule has 3 heterocycles. The molecule has 1 saturated heterocycles. The van der Waals surface area contributed by atoms with E-state index >= 15 is 0 Å². The zero-order chi connectivity index (χ0) is 16.6. The van der Waals surface area contributed by atoms with Crippen LogP contribution in [0.5, 0.6) is 0 Å². The number of hydrogen-bond acceptors (Lipinski definition) is 6. The fraction of sp³-hybridized carbons (Fsp3) is 0.462. The quantitative estimate of drug-likeness (QED) is 0.836. The van der Waals surface area contributed by atoms with E-state index in [1.165, 1.54) is 0 Å². The molecule has 1 fully saturated rings. The van der Waals surface area contributed by atoms with E-state index < -0.39 is 11.2 Å². The van der Waals surface area contributed by atoms with Gasteiger partial charge in [0.25, 0.3) is 5.91 Å². The summed E-state index contributed by atoms with van der Waals surface area (Å²) in [5.41, 5.74) is 0. The third kappa shape index (κ3) is 3.31. The van der Waals surface area contributed by atoms with Gasteiger partial charge in [-0.25, -0.2) is 0 Å². The summed E-state index contributed by atoms with van der Waals surface area (Å²) >= 11 is 0.512. The average molecular weight is 346 g/mol. The number of carbonyl (C=O) groups excluding carboxylic acids is 1. The van der Waals surface area contributed by atoms with Crippen molar-refractivity contribution in [1.82, 2.24) is 15.1 Å². The molecule has 10 heteroatoms. The van der Waals surface area contributed by atoms with E-state index in [2.05, 4.69) is 10.2 Å². The van der Waals surface area contributed by atoms with Gasteiger partial charge in [0.2, 0.25) is 10.1 Å². The fourth-order valence-electron chi connectivity index (χ4n) is 2.26. The molecular weight excluding hydrogens is 333 g/mol. The summed E-state index contributed by atoms with van der Waals surface area (Å²) < 4.78 is 43.0. The smallest absolute Gasteiger partial charge is 0.445 e. The van der Waals surface area contributed by atoms with Crippen LogP contribution in [-0.2, 0) is 6.18 Å². The first-order chi connectivity index (χ1) is 10.8. The monoisotopic (exact) mass is 346 g/mol. The van der Waals surface area contributed by atoms with Crippen LogP contribution in [0, 0.1) is 6.92 Å². The Hall–Kier alpha value is -2.10. The lowest BCUT2D eigenvalue weighted by Gasteiger charge is -2.33. The molecule has 6 nitrogen and oxygen atoms in total. The van der Waals surface area contributed by atoms with Gasteiger partial charge in [-0.05, 0) is 19.1 Å². The molecule has 3 rings (SSSR count). The zero-order valence-electron chi connectivity index (χ0n) is 12.1. The van der Waals surface area contributed by atoms with Gasteiger partial charge in [0.05, 0.1) is 0 Å². The van der Waals surface area contributed by atoms with Crippen molar-refractivity contribution in [3.63, 3.8) is 0 Å². The van der Waals surface area contributed by atoms with Crippen LogP contribution in [0.2, 0.25) is 0 Å². The standard InChI is InChI=1S/C13H13F3N4O2S/c1-8-2-3-9(22-8)10(21)19-4-6-20(7-5-19)12-18-17-11(23-12)13(14,15)16/h2-3H,4-7H2,1H3. The van der Waals surface area contributed by atoms with Gasteiger partial charge in [0.15, 0.2) is 5.76 Å². The van der Waals surface area contributed by atoms with Crippen molar-refractivity contribution in [2.45, 2.75) is 13.1 Å². The molecule has 0 atom stereocenters. The maximum atomic E-state index is 12.6.